The number of esters is 2. The fourth-order valence-corrected chi connectivity index (χ4v) is 4.82. The molecular weight excluding hydrogens is 360 g/mol. The van der Waals surface area contributed by atoms with E-state index in [0.29, 0.717) is 24.2 Å². The molecule has 3 rings (SSSR count). The van der Waals surface area contributed by atoms with Crippen LogP contribution < -0.4 is 0 Å². The van der Waals surface area contributed by atoms with Gasteiger partial charge in [-0.25, -0.2) is 4.79 Å². The Morgan fingerprint density at radius 1 is 1.21 bits per heavy atom. The van der Waals surface area contributed by atoms with E-state index in [0.717, 1.165) is 11.1 Å². The van der Waals surface area contributed by atoms with Crippen LogP contribution in [0.25, 0.3) is 0 Å². The van der Waals surface area contributed by atoms with Crippen LogP contribution in [0.2, 0.25) is 0 Å². The van der Waals surface area contributed by atoms with Gasteiger partial charge in [0.25, 0.3) is 0 Å². The Bertz CT molecular complexity index is 843. The number of rotatable bonds is 3. The van der Waals surface area contributed by atoms with Crippen molar-refractivity contribution in [3.05, 3.63) is 34.8 Å². The molecule has 0 aromatic carbocycles. The van der Waals surface area contributed by atoms with Crippen LogP contribution in [-0.2, 0) is 19.1 Å². The van der Waals surface area contributed by atoms with Gasteiger partial charge >= 0.3 is 11.9 Å². The van der Waals surface area contributed by atoms with Crippen LogP contribution in [0, 0.1) is 24.2 Å². The molecule has 0 amide bonds. The van der Waals surface area contributed by atoms with Gasteiger partial charge < -0.3 is 13.9 Å². The van der Waals surface area contributed by atoms with E-state index in [1.807, 2.05) is 34.6 Å². The molecule has 0 radical (unpaired) electrons. The molecule has 0 N–H and O–H groups in total. The van der Waals surface area contributed by atoms with Crippen LogP contribution in [0.3, 0.4) is 0 Å². The lowest BCUT2D eigenvalue weighted by Gasteiger charge is -2.53. The quantitative estimate of drug-likeness (QED) is 0.566. The molecule has 2 aliphatic carbocycles. The highest BCUT2D eigenvalue weighted by Gasteiger charge is 2.61. The second-order valence-electron chi connectivity index (χ2n) is 8.50. The molecule has 0 saturated heterocycles. The van der Waals surface area contributed by atoms with Crippen LogP contribution in [0.1, 0.15) is 75.2 Å². The number of hydrogen-bond donors (Lipinski definition) is 0. The predicted octanol–water partition coefficient (Wildman–Crippen LogP) is 4.32. The normalized spacial score (nSPS) is 31.4. The van der Waals surface area contributed by atoms with Crippen LogP contribution in [-0.4, -0.2) is 23.8 Å². The monoisotopic (exact) mass is 388 g/mol. The number of furan rings is 1. The van der Waals surface area contributed by atoms with E-state index in [9.17, 15) is 14.4 Å². The largest absolute Gasteiger partial charge is 0.461 e. The Morgan fingerprint density at radius 3 is 2.50 bits per heavy atom. The second-order valence-corrected chi connectivity index (χ2v) is 8.50. The van der Waals surface area contributed by atoms with Crippen LogP contribution in [0.15, 0.2) is 22.3 Å². The summed E-state index contributed by atoms with van der Waals surface area (Å²) in [6, 6.07) is 0. The van der Waals surface area contributed by atoms with Crippen molar-refractivity contribution in [3.8, 4) is 0 Å². The molecule has 6 nitrogen and oxygen atoms in total. The van der Waals surface area contributed by atoms with Gasteiger partial charge in [-0.3, -0.25) is 9.59 Å². The minimum atomic E-state index is -0.696. The summed E-state index contributed by atoms with van der Waals surface area (Å²) in [6.07, 6.45) is 3.15. The number of allylic oxidation sites excluding steroid dienone is 1. The first kappa shape index (κ1) is 20.4. The van der Waals surface area contributed by atoms with E-state index >= 15 is 0 Å². The zero-order valence-electron chi connectivity index (χ0n) is 17.3. The van der Waals surface area contributed by atoms with Gasteiger partial charge in [-0.2, -0.15) is 0 Å². The third kappa shape index (κ3) is 3.19. The summed E-state index contributed by atoms with van der Waals surface area (Å²) in [7, 11) is 0. The summed E-state index contributed by atoms with van der Waals surface area (Å²) in [4.78, 5) is 37.3. The second kappa shape index (κ2) is 7.22. The van der Waals surface area contributed by atoms with Crippen molar-refractivity contribution in [2.24, 2.45) is 17.3 Å². The first-order valence-corrected chi connectivity index (χ1v) is 9.72. The summed E-state index contributed by atoms with van der Waals surface area (Å²) in [5.74, 6) is -1.11. The van der Waals surface area contributed by atoms with Crippen molar-refractivity contribution < 1.29 is 28.3 Å². The van der Waals surface area contributed by atoms with E-state index in [1.54, 1.807) is 0 Å². The number of ketones is 1. The molecular formula is C22H28O6. The number of aryl methyl sites for hydroxylation is 1. The van der Waals surface area contributed by atoms with Gasteiger partial charge in [-0.05, 0) is 39.2 Å². The lowest BCUT2D eigenvalue weighted by Crippen LogP contribution is -2.55. The number of hydrogen-bond acceptors (Lipinski definition) is 6. The van der Waals surface area contributed by atoms with Crippen molar-refractivity contribution in [3.63, 3.8) is 0 Å². The molecule has 0 spiro atoms. The SMILES string of the molecule is CC(=O)O[C@@H]1c2c(C)coc2C(=O)[C@@H]2CC[C@@H](OC(=O)C=C(C)C)[C@H](C)[C@@]12C. The molecule has 0 bridgehead atoms. The highest BCUT2D eigenvalue weighted by atomic mass is 16.6. The highest BCUT2D eigenvalue weighted by Crippen LogP contribution is 2.59. The molecule has 0 unspecified atom stereocenters. The Kier molecular flexibility index (Phi) is 5.26. The van der Waals surface area contributed by atoms with Gasteiger partial charge in [0.2, 0.25) is 5.78 Å². The van der Waals surface area contributed by atoms with Crippen molar-refractivity contribution in [2.45, 2.75) is 66.6 Å². The van der Waals surface area contributed by atoms with Gasteiger partial charge in [0.1, 0.15) is 12.2 Å². The standard InChI is InChI=1S/C22H28O6/c1-11(2)9-17(24)28-16-8-7-15-19(25)20-18(12(3)10-26-20)21(27-14(5)23)22(15,6)13(16)4/h9-10,13,15-16,21H,7-8H2,1-6H3/t13-,15-,16+,21+,22+/m0/s1. The van der Waals surface area contributed by atoms with Crippen LogP contribution in [0.4, 0.5) is 0 Å². The van der Waals surface area contributed by atoms with Crippen LogP contribution >= 0.6 is 0 Å². The van der Waals surface area contributed by atoms with Crippen molar-refractivity contribution >= 4 is 17.7 Å². The maximum Gasteiger partial charge on any atom is 0.330 e. The smallest absolute Gasteiger partial charge is 0.330 e. The van der Waals surface area contributed by atoms with E-state index in [2.05, 4.69) is 0 Å². The van der Waals surface area contributed by atoms with E-state index in [-0.39, 0.29) is 29.7 Å². The van der Waals surface area contributed by atoms with Gasteiger partial charge in [0.05, 0.1) is 6.26 Å². The summed E-state index contributed by atoms with van der Waals surface area (Å²) >= 11 is 0. The fourth-order valence-electron chi connectivity index (χ4n) is 4.82. The molecule has 1 heterocycles. The topological polar surface area (TPSA) is 82.8 Å². The average molecular weight is 388 g/mol. The molecule has 28 heavy (non-hydrogen) atoms. The van der Waals surface area contributed by atoms with Crippen molar-refractivity contribution in [1.82, 2.24) is 0 Å². The Hall–Kier alpha value is -2.37. The minimum Gasteiger partial charge on any atom is -0.461 e. The van der Waals surface area contributed by atoms with Gasteiger partial charge in [-0.15, -0.1) is 0 Å². The summed E-state index contributed by atoms with van der Waals surface area (Å²) in [6.45, 7) is 10.8. The van der Waals surface area contributed by atoms with Crippen molar-refractivity contribution in [1.29, 1.82) is 0 Å². The number of fused-ring (bicyclic) bond motifs is 2. The first-order chi connectivity index (χ1) is 13.1. The fraction of sp³-hybridized carbons (Fsp3) is 0.591. The Labute approximate surface area is 165 Å². The maximum atomic E-state index is 13.2. The minimum absolute atomic E-state index is 0.0603. The average Bonchev–Trinajstić information content (AvgIpc) is 2.96. The molecule has 152 valence electrons. The van der Waals surface area contributed by atoms with Crippen molar-refractivity contribution in [2.75, 3.05) is 0 Å². The number of carbonyl (C=O) groups is 3. The molecule has 1 aromatic rings. The number of ether oxygens (including phenoxy) is 2. The lowest BCUT2D eigenvalue weighted by molar-refractivity contribution is -0.179. The Morgan fingerprint density at radius 2 is 1.89 bits per heavy atom. The van der Waals surface area contributed by atoms with E-state index in [1.165, 1.54) is 19.3 Å². The summed E-state index contributed by atoms with van der Waals surface area (Å²) < 4.78 is 17.0. The Balaban J connectivity index is 2.03. The molecule has 2 aliphatic rings. The molecule has 1 aromatic heterocycles. The maximum absolute atomic E-state index is 13.2. The van der Waals surface area contributed by atoms with Gasteiger partial charge in [0.15, 0.2) is 5.76 Å². The number of carbonyl (C=O) groups excluding carboxylic acids is 3. The molecule has 1 saturated carbocycles. The number of Topliss-reactive ketones (excluding diaryl/α,β-unsaturated/α-hetero) is 1. The zero-order chi connectivity index (χ0) is 20.8. The zero-order valence-corrected chi connectivity index (χ0v) is 17.3. The molecule has 0 aliphatic heterocycles. The first-order valence-electron chi connectivity index (χ1n) is 9.72. The third-order valence-electron chi connectivity index (χ3n) is 6.38. The van der Waals surface area contributed by atoms with E-state index < -0.39 is 17.5 Å². The van der Waals surface area contributed by atoms with Gasteiger partial charge in [0, 0.05) is 35.8 Å². The highest BCUT2D eigenvalue weighted by molar-refractivity contribution is 5.99. The predicted molar refractivity (Wildman–Crippen MR) is 102 cm³/mol. The molecule has 1 fully saturated rings. The molecule has 6 heteroatoms. The molecule has 5 atom stereocenters. The van der Waals surface area contributed by atoms with Crippen LogP contribution in [0.5, 0.6) is 0 Å². The van der Waals surface area contributed by atoms with Gasteiger partial charge in [-0.1, -0.05) is 19.4 Å². The third-order valence-corrected chi connectivity index (χ3v) is 6.38. The van der Waals surface area contributed by atoms with E-state index in [4.69, 9.17) is 13.9 Å². The summed E-state index contributed by atoms with van der Waals surface area (Å²) in [5, 5.41) is 0. The summed E-state index contributed by atoms with van der Waals surface area (Å²) in [5.41, 5.74) is 1.59. The lowest BCUT2D eigenvalue weighted by atomic mass is 9.53.